The third kappa shape index (κ3) is 3.51. The molecule has 0 bridgehead atoms. The first-order valence-corrected chi connectivity index (χ1v) is 8.96. The number of carbonyl (C=O) groups excluding carboxylic acids is 1. The number of fused-ring (bicyclic) bond motifs is 3. The van der Waals surface area contributed by atoms with Crippen LogP contribution in [-0.4, -0.2) is 11.0 Å². The Hall–Kier alpha value is -2.98. The van der Waals surface area contributed by atoms with Gasteiger partial charge in [-0.25, -0.2) is 0 Å². The summed E-state index contributed by atoms with van der Waals surface area (Å²) < 4.78 is 0. The van der Waals surface area contributed by atoms with Gasteiger partial charge < -0.3 is 10.6 Å². The molecule has 3 aromatic rings. The Balaban J connectivity index is 1.40. The summed E-state index contributed by atoms with van der Waals surface area (Å²) in [4.78, 5) is 12.1. The van der Waals surface area contributed by atoms with Crippen LogP contribution in [0, 0.1) is 0 Å². The number of thiocarbonyl (C=S) groups is 1. The standard InChI is InChI=1S/C22H18N2OS/c25-21(12-15-6-2-1-3-7-15)24-22(26)23-18-10-11-20-17(14-18)13-16-8-4-5-9-19(16)20/h1-11,14H,12-13H2,(H2,23,24,25,26). The molecule has 128 valence electrons. The van der Waals surface area contributed by atoms with E-state index in [0.29, 0.717) is 11.5 Å². The van der Waals surface area contributed by atoms with Crippen molar-refractivity contribution in [2.24, 2.45) is 0 Å². The Morgan fingerprint density at radius 2 is 1.62 bits per heavy atom. The van der Waals surface area contributed by atoms with Gasteiger partial charge in [0, 0.05) is 5.69 Å². The van der Waals surface area contributed by atoms with E-state index in [2.05, 4.69) is 47.0 Å². The second-order valence-corrected chi connectivity index (χ2v) is 6.78. The molecule has 1 amide bonds. The molecule has 26 heavy (non-hydrogen) atoms. The topological polar surface area (TPSA) is 41.1 Å². The highest BCUT2D eigenvalue weighted by atomic mass is 32.1. The smallest absolute Gasteiger partial charge is 0.230 e. The molecule has 3 nitrogen and oxygen atoms in total. The van der Waals surface area contributed by atoms with Gasteiger partial charge in [-0.2, -0.15) is 0 Å². The SMILES string of the molecule is O=C(Cc1ccccc1)NC(=S)Nc1ccc2c(c1)Cc1ccccc1-2. The first-order valence-electron chi connectivity index (χ1n) is 8.55. The average molecular weight is 358 g/mol. The number of benzene rings is 3. The molecule has 0 spiro atoms. The number of nitrogens with one attached hydrogen (secondary N) is 2. The van der Waals surface area contributed by atoms with Gasteiger partial charge in [-0.3, -0.25) is 4.79 Å². The molecule has 0 aromatic heterocycles. The Morgan fingerprint density at radius 1 is 0.885 bits per heavy atom. The lowest BCUT2D eigenvalue weighted by Crippen LogP contribution is -2.35. The summed E-state index contributed by atoms with van der Waals surface area (Å²) in [5, 5.41) is 6.18. The van der Waals surface area contributed by atoms with Gasteiger partial charge in [0.1, 0.15) is 0 Å². The molecule has 0 atom stereocenters. The van der Waals surface area contributed by atoms with Crippen molar-refractivity contribution in [2.45, 2.75) is 12.8 Å². The van der Waals surface area contributed by atoms with E-state index in [-0.39, 0.29) is 5.91 Å². The largest absolute Gasteiger partial charge is 0.332 e. The lowest BCUT2D eigenvalue weighted by atomic mass is 10.1. The molecule has 4 rings (SSSR count). The highest BCUT2D eigenvalue weighted by Gasteiger charge is 2.18. The van der Waals surface area contributed by atoms with Gasteiger partial charge in [-0.05, 0) is 58.6 Å². The summed E-state index contributed by atoms with van der Waals surface area (Å²) in [5.74, 6) is -0.123. The molecule has 0 saturated heterocycles. The number of anilines is 1. The third-order valence-electron chi connectivity index (χ3n) is 4.51. The van der Waals surface area contributed by atoms with E-state index in [0.717, 1.165) is 17.7 Å². The van der Waals surface area contributed by atoms with Gasteiger partial charge in [0.25, 0.3) is 0 Å². The first kappa shape index (κ1) is 16.5. The minimum Gasteiger partial charge on any atom is -0.332 e. The van der Waals surface area contributed by atoms with Crippen molar-refractivity contribution in [3.05, 3.63) is 89.5 Å². The number of amides is 1. The van der Waals surface area contributed by atoms with Gasteiger partial charge in [-0.1, -0.05) is 60.7 Å². The molecule has 4 heteroatoms. The predicted molar refractivity (Wildman–Crippen MR) is 109 cm³/mol. The predicted octanol–water partition coefficient (Wildman–Crippen LogP) is 4.31. The average Bonchev–Trinajstić information content (AvgIpc) is 3.00. The number of carbonyl (C=O) groups is 1. The maximum absolute atomic E-state index is 12.1. The zero-order valence-electron chi connectivity index (χ0n) is 14.2. The maximum atomic E-state index is 12.1. The Bertz CT molecular complexity index is 982. The van der Waals surface area contributed by atoms with E-state index in [4.69, 9.17) is 12.2 Å². The van der Waals surface area contributed by atoms with Gasteiger partial charge in [0.15, 0.2) is 5.11 Å². The van der Waals surface area contributed by atoms with Crippen LogP contribution in [0.1, 0.15) is 16.7 Å². The molecule has 1 aliphatic carbocycles. The van der Waals surface area contributed by atoms with Crippen LogP contribution in [0.4, 0.5) is 5.69 Å². The monoisotopic (exact) mass is 358 g/mol. The van der Waals surface area contributed by atoms with Crippen molar-refractivity contribution in [3.63, 3.8) is 0 Å². The Morgan fingerprint density at radius 3 is 2.46 bits per heavy atom. The van der Waals surface area contributed by atoms with Crippen LogP contribution in [0.2, 0.25) is 0 Å². The van der Waals surface area contributed by atoms with E-state index < -0.39 is 0 Å². The van der Waals surface area contributed by atoms with Gasteiger partial charge in [0.2, 0.25) is 5.91 Å². The fraction of sp³-hybridized carbons (Fsp3) is 0.0909. The van der Waals surface area contributed by atoms with Crippen LogP contribution < -0.4 is 10.6 Å². The summed E-state index contributed by atoms with van der Waals surface area (Å²) in [6.45, 7) is 0. The van der Waals surface area contributed by atoms with Crippen molar-refractivity contribution < 1.29 is 4.79 Å². The second-order valence-electron chi connectivity index (χ2n) is 6.37. The van der Waals surface area contributed by atoms with Crippen LogP contribution in [0.3, 0.4) is 0 Å². The molecular weight excluding hydrogens is 340 g/mol. The molecule has 0 aliphatic heterocycles. The molecule has 0 saturated carbocycles. The van der Waals surface area contributed by atoms with Crippen molar-refractivity contribution in [2.75, 3.05) is 5.32 Å². The van der Waals surface area contributed by atoms with Crippen molar-refractivity contribution in [1.82, 2.24) is 5.32 Å². The maximum Gasteiger partial charge on any atom is 0.230 e. The summed E-state index contributed by atoms with van der Waals surface area (Å²) >= 11 is 5.28. The first-order chi connectivity index (χ1) is 12.7. The van der Waals surface area contributed by atoms with Gasteiger partial charge in [-0.15, -0.1) is 0 Å². The van der Waals surface area contributed by atoms with Crippen molar-refractivity contribution in [1.29, 1.82) is 0 Å². The highest BCUT2D eigenvalue weighted by molar-refractivity contribution is 7.80. The molecular formula is C22H18N2OS. The van der Waals surface area contributed by atoms with Crippen LogP contribution in [0.15, 0.2) is 72.8 Å². The van der Waals surface area contributed by atoms with Crippen LogP contribution in [0.25, 0.3) is 11.1 Å². The van der Waals surface area contributed by atoms with E-state index >= 15 is 0 Å². The molecule has 0 fully saturated rings. The van der Waals surface area contributed by atoms with Gasteiger partial charge >= 0.3 is 0 Å². The summed E-state index contributed by atoms with van der Waals surface area (Å²) in [5.41, 5.74) is 7.04. The summed E-state index contributed by atoms with van der Waals surface area (Å²) in [6.07, 6.45) is 1.23. The number of rotatable bonds is 3. The van der Waals surface area contributed by atoms with Gasteiger partial charge in [0.05, 0.1) is 6.42 Å². The molecule has 0 heterocycles. The zero-order chi connectivity index (χ0) is 17.9. The van der Waals surface area contributed by atoms with Crippen molar-refractivity contribution >= 4 is 28.9 Å². The molecule has 2 N–H and O–H groups in total. The number of hydrogen-bond acceptors (Lipinski definition) is 2. The van der Waals surface area contributed by atoms with Crippen LogP contribution in [0.5, 0.6) is 0 Å². The Kier molecular flexibility index (Phi) is 4.50. The normalized spacial score (nSPS) is 11.4. The minimum absolute atomic E-state index is 0.123. The lowest BCUT2D eigenvalue weighted by molar-refractivity contribution is -0.119. The summed E-state index contributed by atoms with van der Waals surface area (Å²) in [7, 11) is 0. The molecule has 3 aromatic carbocycles. The second kappa shape index (κ2) is 7.10. The minimum atomic E-state index is -0.123. The Labute approximate surface area is 158 Å². The fourth-order valence-electron chi connectivity index (χ4n) is 3.34. The highest BCUT2D eigenvalue weighted by Crippen LogP contribution is 2.37. The van der Waals surface area contributed by atoms with E-state index in [1.54, 1.807) is 0 Å². The van der Waals surface area contributed by atoms with Crippen LogP contribution >= 0.6 is 12.2 Å². The van der Waals surface area contributed by atoms with E-state index in [1.165, 1.54) is 22.3 Å². The van der Waals surface area contributed by atoms with E-state index in [9.17, 15) is 4.79 Å². The fourth-order valence-corrected chi connectivity index (χ4v) is 3.57. The number of hydrogen-bond donors (Lipinski definition) is 2. The molecule has 1 aliphatic rings. The molecule has 0 radical (unpaired) electrons. The molecule has 0 unspecified atom stereocenters. The zero-order valence-corrected chi connectivity index (χ0v) is 15.0. The summed E-state index contributed by atoms with van der Waals surface area (Å²) in [6, 6.07) is 24.3. The van der Waals surface area contributed by atoms with Crippen LogP contribution in [-0.2, 0) is 17.6 Å². The lowest BCUT2D eigenvalue weighted by Gasteiger charge is -2.11. The van der Waals surface area contributed by atoms with E-state index in [1.807, 2.05) is 36.4 Å². The quantitative estimate of drug-likeness (QED) is 0.536. The van der Waals surface area contributed by atoms with Crippen molar-refractivity contribution in [3.8, 4) is 11.1 Å². The third-order valence-corrected chi connectivity index (χ3v) is 4.72.